The lowest BCUT2D eigenvalue weighted by Crippen LogP contribution is -2.45. The Labute approximate surface area is 166 Å². The van der Waals surface area contributed by atoms with Crippen LogP contribution in [-0.2, 0) is 0 Å². The summed E-state index contributed by atoms with van der Waals surface area (Å²) in [6.45, 7) is 0. The van der Waals surface area contributed by atoms with Crippen molar-refractivity contribution in [3.63, 3.8) is 0 Å². The van der Waals surface area contributed by atoms with Crippen LogP contribution < -0.4 is 10.6 Å². The van der Waals surface area contributed by atoms with Gasteiger partial charge in [0.2, 0.25) is 0 Å². The van der Waals surface area contributed by atoms with Crippen LogP contribution in [0.4, 0.5) is 11.4 Å². The number of aromatic nitrogens is 2. The summed E-state index contributed by atoms with van der Waals surface area (Å²) in [5, 5.41) is 8.59. The molecule has 0 atom stereocenters. The molecule has 0 saturated carbocycles. The van der Waals surface area contributed by atoms with Crippen LogP contribution in [0.15, 0.2) is 33.2 Å². The number of hydrogen-bond acceptors (Lipinski definition) is 4. The molecule has 4 rings (SSSR count). The second-order valence-corrected chi connectivity index (χ2v) is 8.09. The van der Waals surface area contributed by atoms with Crippen molar-refractivity contribution >= 4 is 97.2 Å². The van der Waals surface area contributed by atoms with E-state index in [1.54, 1.807) is 0 Å². The zero-order chi connectivity index (χ0) is 16.2. The summed E-state index contributed by atoms with van der Waals surface area (Å²) in [6, 6.07) is 7.89. The molecule has 1 aliphatic rings. The highest BCUT2D eigenvalue weighted by molar-refractivity contribution is 9.11. The number of rotatable bonds is 2. The number of para-hydroxylation sites is 2. The van der Waals surface area contributed by atoms with Crippen LogP contribution in [0.1, 0.15) is 0 Å². The predicted molar refractivity (Wildman–Crippen MR) is 110 cm³/mol. The quantitative estimate of drug-likeness (QED) is 0.312. The smallest absolute Gasteiger partial charge is 0.128 e. The molecule has 0 amide bonds. The van der Waals surface area contributed by atoms with Gasteiger partial charge in [0.25, 0.3) is 0 Å². The summed E-state index contributed by atoms with van der Waals surface area (Å²) in [6.07, 6.45) is 0. The van der Waals surface area contributed by atoms with Crippen LogP contribution in [0.3, 0.4) is 0 Å². The maximum absolute atomic E-state index is 4.78. The van der Waals surface area contributed by atoms with E-state index in [1.807, 2.05) is 24.3 Å². The van der Waals surface area contributed by atoms with Gasteiger partial charge in [-0.2, -0.15) is 0 Å². The molecule has 0 radical (unpaired) electrons. The molecule has 3 aromatic rings. The van der Waals surface area contributed by atoms with E-state index in [4.69, 9.17) is 9.97 Å². The normalized spacial score (nSPS) is 15.5. The number of alkyl halides is 2. The summed E-state index contributed by atoms with van der Waals surface area (Å²) in [5.41, 5.74) is 5.13. The highest BCUT2D eigenvalue weighted by atomic mass is 79.9. The average molecular weight is 566 g/mol. The van der Waals surface area contributed by atoms with Crippen molar-refractivity contribution in [2.75, 3.05) is 21.3 Å². The molecule has 0 unspecified atom stereocenters. The SMILES string of the molecule is BrCC1(CBr)Nc2c(c(Br)c3nc4ccccc4nc3c2Br)N1. The van der Waals surface area contributed by atoms with E-state index in [0.29, 0.717) is 0 Å². The van der Waals surface area contributed by atoms with E-state index in [0.717, 1.165) is 53.0 Å². The Bertz CT molecular complexity index is 868. The lowest BCUT2D eigenvalue weighted by Gasteiger charge is -2.26. The monoisotopic (exact) mass is 562 g/mol. The Hall–Kier alpha value is -0.440. The van der Waals surface area contributed by atoms with Gasteiger partial charge in [-0.1, -0.05) is 44.0 Å². The number of hydrogen-bond donors (Lipinski definition) is 2. The molecule has 2 heterocycles. The Balaban J connectivity index is 2.05. The summed E-state index contributed by atoms with van der Waals surface area (Å²) < 4.78 is 1.83. The Morgan fingerprint density at radius 1 is 0.826 bits per heavy atom. The zero-order valence-corrected chi connectivity index (χ0v) is 18.0. The van der Waals surface area contributed by atoms with Crippen molar-refractivity contribution in [1.82, 2.24) is 9.97 Å². The maximum atomic E-state index is 4.78. The summed E-state index contributed by atoms with van der Waals surface area (Å²) >= 11 is 14.6. The van der Waals surface area contributed by atoms with Crippen LogP contribution in [0.25, 0.3) is 22.1 Å². The zero-order valence-electron chi connectivity index (χ0n) is 11.6. The van der Waals surface area contributed by atoms with Gasteiger partial charge in [0, 0.05) is 10.7 Å². The topological polar surface area (TPSA) is 49.8 Å². The van der Waals surface area contributed by atoms with Gasteiger partial charge in [-0.3, -0.25) is 0 Å². The van der Waals surface area contributed by atoms with Crippen molar-refractivity contribution in [2.45, 2.75) is 5.66 Å². The fourth-order valence-corrected chi connectivity index (χ4v) is 5.31. The third-order valence-corrected chi connectivity index (χ3v) is 7.32. The van der Waals surface area contributed by atoms with E-state index in [1.165, 1.54) is 0 Å². The number of nitrogens with one attached hydrogen (secondary N) is 2. The number of fused-ring (bicyclic) bond motifs is 3. The first-order valence-corrected chi connectivity index (χ1v) is 10.7. The number of benzene rings is 2. The molecule has 23 heavy (non-hydrogen) atoms. The molecule has 0 saturated heterocycles. The second kappa shape index (κ2) is 5.82. The summed E-state index contributed by atoms with van der Waals surface area (Å²) in [7, 11) is 0. The molecule has 2 aromatic carbocycles. The van der Waals surface area contributed by atoms with E-state index >= 15 is 0 Å². The summed E-state index contributed by atoms with van der Waals surface area (Å²) in [5.74, 6) is 0. The average Bonchev–Trinajstić information content (AvgIpc) is 2.99. The van der Waals surface area contributed by atoms with Crippen LogP contribution in [0.2, 0.25) is 0 Å². The highest BCUT2D eigenvalue weighted by Gasteiger charge is 2.38. The molecule has 118 valence electrons. The third-order valence-electron chi connectivity index (χ3n) is 3.86. The number of halogens is 4. The molecule has 0 spiro atoms. The molecule has 2 N–H and O–H groups in total. The predicted octanol–water partition coefficient (Wildman–Crippen LogP) is 5.63. The van der Waals surface area contributed by atoms with Gasteiger partial charge in [-0.05, 0) is 44.0 Å². The van der Waals surface area contributed by atoms with Gasteiger partial charge in [0.15, 0.2) is 0 Å². The Kier molecular flexibility index (Phi) is 4.06. The molecule has 0 aliphatic carbocycles. The standard InChI is InChI=1S/C15H10Br4N4/c16-5-15(6-17)22-13-9(18)11-12(10(19)14(13)23-15)21-8-4-2-1-3-7(8)20-11/h1-4,22-23H,5-6H2. The van der Waals surface area contributed by atoms with Crippen molar-refractivity contribution in [3.05, 3.63) is 33.2 Å². The lowest BCUT2D eigenvalue weighted by molar-refractivity contribution is 0.709. The maximum Gasteiger partial charge on any atom is 0.128 e. The molecule has 0 bridgehead atoms. The fraction of sp³-hybridized carbons (Fsp3) is 0.200. The van der Waals surface area contributed by atoms with Crippen molar-refractivity contribution in [3.8, 4) is 0 Å². The first-order chi connectivity index (χ1) is 11.1. The largest absolute Gasteiger partial charge is 0.359 e. The number of anilines is 2. The van der Waals surface area contributed by atoms with Crippen LogP contribution in [0.5, 0.6) is 0 Å². The van der Waals surface area contributed by atoms with Crippen molar-refractivity contribution in [1.29, 1.82) is 0 Å². The highest BCUT2D eigenvalue weighted by Crippen LogP contribution is 2.49. The van der Waals surface area contributed by atoms with Gasteiger partial charge in [-0.15, -0.1) is 0 Å². The van der Waals surface area contributed by atoms with Gasteiger partial charge in [0.05, 0.1) is 31.4 Å². The van der Waals surface area contributed by atoms with E-state index in [-0.39, 0.29) is 5.66 Å². The molecule has 1 aliphatic heterocycles. The van der Waals surface area contributed by atoms with Crippen molar-refractivity contribution in [2.24, 2.45) is 0 Å². The van der Waals surface area contributed by atoms with Crippen LogP contribution in [-0.4, -0.2) is 26.3 Å². The van der Waals surface area contributed by atoms with Gasteiger partial charge < -0.3 is 10.6 Å². The minimum atomic E-state index is -0.288. The second-order valence-electron chi connectivity index (χ2n) is 5.39. The number of nitrogens with zero attached hydrogens (tertiary/aromatic N) is 2. The molecule has 4 nitrogen and oxygen atoms in total. The van der Waals surface area contributed by atoms with Gasteiger partial charge in [0.1, 0.15) is 16.7 Å². The van der Waals surface area contributed by atoms with Crippen LogP contribution >= 0.6 is 63.7 Å². The lowest BCUT2D eigenvalue weighted by atomic mass is 10.2. The minimum absolute atomic E-state index is 0.288. The molecule has 8 heteroatoms. The van der Waals surface area contributed by atoms with E-state index in [9.17, 15) is 0 Å². The van der Waals surface area contributed by atoms with Crippen LogP contribution in [0, 0.1) is 0 Å². The minimum Gasteiger partial charge on any atom is -0.359 e. The molecular formula is C15H10Br4N4. The first-order valence-electron chi connectivity index (χ1n) is 6.84. The molecular weight excluding hydrogens is 556 g/mol. The first kappa shape index (κ1) is 16.1. The van der Waals surface area contributed by atoms with Gasteiger partial charge in [-0.25, -0.2) is 9.97 Å². The van der Waals surface area contributed by atoms with E-state index in [2.05, 4.69) is 74.4 Å². The van der Waals surface area contributed by atoms with Gasteiger partial charge >= 0.3 is 0 Å². The molecule has 0 fully saturated rings. The Morgan fingerprint density at radius 3 is 1.65 bits per heavy atom. The third kappa shape index (κ3) is 2.41. The fourth-order valence-electron chi connectivity index (χ4n) is 2.68. The van der Waals surface area contributed by atoms with Crippen molar-refractivity contribution < 1.29 is 0 Å². The summed E-state index contributed by atoms with van der Waals surface area (Å²) in [4.78, 5) is 9.57. The van der Waals surface area contributed by atoms with E-state index < -0.39 is 0 Å². The molecule has 1 aromatic heterocycles. The Morgan fingerprint density at radius 2 is 1.26 bits per heavy atom.